The van der Waals surface area contributed by atoms with Crippen molar-refractivity contribution in [3.8, 4) is 16.3 Å². The van der Waals surface area contributed by atoms with Crippen LogP contribution < -0.4 is 0 Å². The molecule has 2 aliphatic rings. The summed E-state index contributed by atoms with van der Waals surface area (Å²) in [5.41, 5.74) is 3.39. The number of para-hydroxylation sites is 1. The fourth-order valence-corrected chi connectivity index (χ4v) is 5.26. The number of piperidine rings is 1. The van der Waals surface area contributed by atoms with Gasteiger partial charge in [-0.2, -0.15) is 5.10 Å². The first-order valence-corrected chi connectivity index (χ1v) is 10.7. The molecular weight excluding hydrogens is 368 g/mol. The van der Waals surface area contributed by atoms with Gasteiger partial charge in [0.05, 0.1) is 10.6 Å². The molecule has 3 aromatic rings. The number of hydrogen-bond donors (Lipinski definition) is 0. The van der Waals surface area contributed by atoms with Crippen LogP contribution in [0.15, 0.2) is 54.0 Å². The molecule has 144 valence electrons. The van der Waals surface area contributed by atoms with Gasteiger partial charge in [-0.05, 0) is 42.5 Å². The summed E-state index contributed by atoms with van der Waals surface area (Å²) >= 11 is 1.73. The van der Waals surface area contributed by atoms with E-state index in [2.05, 4.69) is 40.7 Å². The molecule has 0 bridgehead atoms. The lowest BCUT2D eigenvalue weighted by Crippen LogP contribution is -2.47. The first-order chi connectivity index (χ1) is 13.7. The van der Waals surface area contributed by atoms with Crippen molar-refractivity contribution in [3.05, 3.63) is 59.6 Å². The van der Waals surface area contributed by atoms with E-state index in [1.165, 1.54) is 10.4 Å². The molecule has 0 unspecified atom stereocenters. The highest BCUT2D eigenvalue weighted by Gasteiger charge is 2.41. The molecule has 0 aliphatic carbocycles. The molecule has 4 heterocycles. The zero-order valence-corrected chi connectivity index (χ0v) is 16.8. The average molecular weight is 393 g/mol. The normalized spacial score (nSPS) is 22.6. The van der Waals surface area contributed by atoms with E-state index in [4.69, 9.17) is 5.10 Å². The zero-order chi connectivity index (χ0) is 19.1. The van der Waals surface area contributed by atoms with Crippen LogP contribution in [0.1, 0.15) is 18.4 Å². The lowest BCUT2D eigenvalue weighted by molar-refractivity contribution is -0.127. The van der Waals surface area contributed by atoms with Gasteiger partial charge in [0, 0.05) is 44.4 Å². The van der Waals surface area contributed by atoms with E-state index < -0.39 is 0 Å². The van der Waals surface area contributed by atoms with Crippen LogP contribution in [0, 0.1) is 5.92 Å². The maximum atomic E-state index is 12.1. The minimum absolute atomic E-state index is 0.299. The average Bonchev–Trinajstić information content (AvgIpc) is 3.44. The number of hydrogen-bond acceptors (Lipinski definition) is 4. The molecule has 5 nitrogen and oxygen atoms in total. The van der Waals surface area contributed by atoms with Crippen molar-refractivity contribution in [3.63, 3.8) is 0 Å². The predicted molar refractivity (Wildman–Crippen MR) is 111 cm³/mol. The zero-order valence-electron chi connectivity index (χ0n) is 16.0. The van der Waals surface area contributed by atoms with E-state index in [-0.39, 0.29) is 0 Å². The fraction of sp³-hybridized carbons (Fsp3) is 0.364. The molecule has 2 aliphatic heterocycles. The van der Waals surface area contributed by atoms with Crippen LogP contribution in [-0.2, 0) is 11.3 Å². The first kappa shape index (κ1) is 17.6. The quantitative estimate of drug-likeness (QED) is 0.681. The van der Waals surface area contributed by atoms with Crippen molar-refractivity contribution in [2.45, 2.75) is 25.4 Å². The van der Waals surface area contributed by atoms with E-state index in [1.54, 1.807) is 11.3 Å². The van der Waals surface area contributed by atoms with Gasteiger partial charge in [-0.25, -0.2) is 4.68 Å². The number of amides is 1. The SMILES string of the molecule is CN1C(=O)C[C@H]2CCN(Cc3cn(-c4ccccc4)nc3-c3cccs3)C[C@H]21. The Morgan fingerprint density at radius 3 is 2.82 bits per heavy atom. The minimum Gasteiger partial charge on any atom is -0.341 e. The maximum absolute atomic E-state index is 12.1. The van der Waals surface area contributed by atoms with Crippen LogP contribution >= 0.6 is 11.3 Å². The highest BCUT2D eigenvalue weighted by atomic mass is 32.1. The van der Waals surface area contributed by atoms with Crippen LogP contribution in [0.4, 0.5) is 0 Å². The van der Waals surface area contributed by atoms with E-state index >= 15 is 0 Å². The van der Waals surface area contributed by atoms with Crippen molar-refractivity contribution in [1.29, 1.82) is 0 Å². The van der Waals surface area contributed by atoms with Gasteiger partial charge in [0.2, 0.25) is 5.91 Å². The number of carbonyl (C=O) groups is 1. The molecule has 1 aromatic carbocycles. The van der Waals surface area contributed by atoms with E-state index in [0.29, 0.717) is 17.9 Å². The van der Waals surface area contributed by atoms with Crippen LogP contribution in [0.25, 0.3) is 16.3 Å². The van der Waals surface area contributed by atoms with Gasteiger partial charge in [0.1, 0.15) is 5.69 Å². The molecule has 0 radical (unpaired) electrons. The summed E-state index contributed by atoms with van der Waals surface area (Å²) in [6, 6.07) is 14.8. The van der Waals surface area contributed by atoms with Gasteiger partial charge in [-0.15, -0.1) is 11.3 Å². The Balaban J connectivity index is 1.43. The monoisotopic (exact) mass is 392 g/mol. The van der Waals surface area contributed by atoms with Gasteiger partial charge in [0.25, 0.3) is 0 Å². The van der Waals surface area contributed by atoms with Crippen molar-refractivity contribution in [1.82, 2.24) is 19.6 Å². The molecular formula is C22H24N4OS. The summed E-state index contributed by atoms with van der Waals surface area (Å²) in [6.45, 7) is 2.86. The number of rotatable bonds is 4. The van der Waals surface area contributed by atoms with Crippen molar-refractivity contribution in [2.24, 2.45) is 5.92 Å². The molecule has 2 fully saturated rings. The van der Waals surface area contributed by atoms with Gasteiger partial charge >= 0.3 is 0 Å². The van der Waals surface area contributed by atoms with Crippen molar-refractivity contribution in [2.75, 3.05) is 20.1 Å². The maximum Gasteiger partial charge on any atom is 0.222 e. The summed E-state index contributed by atoms with van der Waals surface area (Å²) in [7, 11) is 1.96. The van der Waals surface area contributed by atoms with Crippen LogP contribution in [0.3, 0.4) is 0 Å². The van der Waals surface area contributed by atoms with Crippen LogP contribution in [0.2, 0.25) is 0 Å². The highest BCUT2D eigenvalue weighted by molar-refractivity contribution is 7.13. The number of fused-ring (bicyclic) bond motifs is 1. The number of aromatic nitrogens is 2. The Morgan fingerprint density at radius 1 is 1.18 bits per heavy atom. The summed E-state index contributed by atoms with van der Waals surface area (Å²) < 4.78 is 1.99. The van der Waals surface area contributed by atoms with E-state index in [9.17, 15) is 4.79 Å². The number of thiophene rings is 1. The lowest BCUT2D eigenvalue weighted by Gasteiger charge is -2.37. The molecule has 2 saturated heterocycles. The number of likely N-dealkylation sites (N-methyl/N-ethyl adjacent to an activating group) is 1. The summed E-state index contributed by atoms with van der Waals surface area (Å²) in [4.78, 5) is 17.7. The Labute approximate surface area is 169 Å². The van der Waals surface area contributed by atoms with Gasteiger partial charge in [0.15, 0.2) is 0 Å². The molecule has 2 atom stereocenters. The first-order valence-electron chi connectivity index (χ1n) is 9.85. The van der Waals surface area contributed by atoms with Gasteiger partial charge < -0.3 is 4.90 Å². The minimum atomic E-state index is 0.299. The van der Waals surface area contributed by atoms with Crippen LogP contribution in [-0.4, -0.2) is 51.7 Å². The molecule has 1 amide bonds. The highest BCUT2D eigenvalue weighted by Crippen LogP contribution is 2.34. The number of carbonyl (C=O) groups excluding carboxylic acids is 1. The second-order valence-corrected chi connectivity index (χ2v) is 8.77. The predicted octanol–water partition coefficient (Wildman–Crippen LogP) is 3.65. The second-order valence-electron chi connectivity index (χ2n) is 7.82. The number of nitrogens with zero attached hydrogens (tertiary/aromatic N) is 4. The summed E-state index contributed by atoms with van der Waals surface area (Å²) in [5.74, 6) is 0.825. The Hall–Kier alpha value is -2.44. The Bertz CT molecular complexity index is 966. The van der Waals surface area contributed by atoms with E-state index in [1.807, 2.05) is 34.8 Å². The smallest absolute Gasteiger partial charge is 0.222 e. The fourth-order valence-electron chi connectivity index (χ4n) is 4.52. The Morgan fingerprint density at radius 2 is 2.04 bits per heavy atom. The standard InChI is InChI=1S/C22H24N4OS/c1-24-19-15-25(10-9-16(19)12-21(24)27)13-17-14-26(18-6-3-2-4-7-18)23-22(17)20-8-5-11-28-20/h2-8,11,14,16,19H,9-10,12-13,15H2,1H3/t16-,19-/m1/s1. The van der Waals surface area contributed by atoms with Gasteiger partial charge in [-0.3, -0.25) is 9.69 Å². The largest absolute Gasteiger partial charge is 0.341 e. The number of benzene rings is 1. The second kappa shape index (κ2) is 7.18. The third-order valence-electron chi connectivity index (χ3n) is 6.09. The molecule has 0 saturated carbocycles. The van der Waals surface area contributed by atoms with Crippen molar-refractivity contribution < 1.29 is 4.79 Å². The molecule has 6 heteroatoms. The molecule has 0 N–H and O–H groups in total. The molecule has 2 aromatic heterocycles. The third kappa shape index (κ3) is 3.16. The van der Waals surface area contributed by atoms with Crippen molar-refractivity contribution >= 4 is 17.2 Å². The molecule has 0 spiro atoms. The molecule has 28 heavy (non-hydrogen) atoms. The van der Waals surface area contributed by atoms with Crippen LogP contribution in [0.5, 0.6) is 0 Å². The Kier molecular flexibility index (Phi) is 4.53. The molecule has 5 rings (SSSR count). The van der Waals surface area contributed by atoms with E-state index in [0.717, 1.165) is 43.9 Å². The lowest BCUT2D eigenvalue weighted by atomic mass is 9.92. The number of likely N-dealkylation sites (tertiary alicyclic amines) is 2. The third-order valence-corrected chi connectivity index (χ3v) is 6.97. The summed E-state index contributed by atoms with van der Waals surface area (Å²) in [5, 5.41) is 7.02. The topological polar surface area (TPSA) is 41.4 Å². The summed E-state index contributed by atoms with van der Waals surface area (Å²) in [6.07, 6.45) is 3.99. The van der Waals surface area contributed by atoms with Gasteiger partial charge in [-0.1, -0.05) is 24.3 Å².